The average molecular weight is 187 g/mol. The van der Waals surface area contributed by atoms with E-state index >= 15 is 0 Å². The van der Waals surface area contributed by atoms with Crippen LogP contribution in [0.2, 0.25) is 0 Å². The lowest BCUT2D eigenvalue weighted by atomic mass is 10.2. The average Bonchev–Trinajstić information content (AvgIpc) is 2.02. The van der Waals surface area contributed by atoms with Crippen LogP contribution in [-0.2, 0) is 9.53 Å². The third-order valence-corrected chi connectivity index (χ3v) is 1.45. The molecule has 0 aliphatic heterocycles. The molecule has 0 bridgehead atoms. The lowest BCUT2D eigenvalue weighted by molar-refractivity contribution is -0.143. The number of hydrogen-bond acceptors (Lipinski definition) is 4. The second-order valence-electron chi connectivity index (χ2n) is 2.41. The van der Waals surface area contributed by atoms with Gasteiger partial charge in [0.1, 0.15) is 0 Å². The van der Waals surface area contributed by atoms with E-state index in [4.69, 9.17) is 4.74 Å². The SMILES string of the molecule is CCOC(=O)CCC(C)N=C=S. The molecule has 0 heterocycles. The van der Waals surface area contributed by atoms with Gasteiger partial charge in [0.2, 0.25) is 0 Å². The third kappa shape index (κ3) is 6.01. The molecule has 0 rings (SSSR count). The minimum absolute atomic E-state index is 0.0620. The molecule has 1 atom stereocenters. The standard InChI is InChI=1S/C8H13NO2S/c1-3-11-8(10)5-4-7(2)9-6-12/h7H,3-5H2,1-2H3. The summed E-state index contributed by atoms with van der Waals surface area (Å²) in [6, 6.07) is 0.0620. The summed E-state index contributed by atoms with van der Waals surface area (Å²) < 4.78 is 4.74. The van der Waals surface area contributed by atoms with Crippen molar-refractivity contribution in [3.8, 4) is 0 Å². The maximum atomic E-state index is 10.8. The molecule has 0 radical (unpaired) electrons. The number of nitrogens with zero attached hydrogens (tertiary/aromatic N) is 1. The summed E-state index contributed by atoms with van der Waals surface area (Å²) in [6.07, 6.45) is 1.07. The molecule has 3 nitrogen and oxygen atoms in total. The van der Waals surface area contributed by atoms with Gasteiger partial charge in [0.15, 0.2) is 0 Å². The van der Waals surface area contributed by atoms with Crippen molar-refractivity contribution >= 4 is 23.3 Å². The van der Waals surface area contributed by atoms with E-state index in [9.17, 15) is 4.79 Å². The summed E-state index contributed by atoms with van der Waals surface area (Å²) in [5.41, 5.74) is 0. The first kappa shape index (κ1) is 11.3. The highest BCUT2D eigenvalue weighted by Crippen LogP contribution is 2.01. The van der Waals surface area contributed by atoms with Crippen molar-refractivity contribution < 1.29 is 9.53 Å². The van der Waals surface area contributed by atoms with Crippen LogP contribution in [-0.4, -0.2) is 23.8 Å². The van der Waals surface area contributed by atoms with Crippen LogP contribution < -0.4 is 0 Å². The maximum Gasteiger partial charge on any atom is 0.305 e. The number of carbonyl (C=O) groups is 1. The Morgan fingerprint density at radius 2 is 2.42 bits per heavy atom. The lowest BCUT2D eigenvalue weighted by Gasteiger charge is -2.03. The summed E-state index contributed by atoms with van der Waals surface area (Å²) in [5, 5.41) is 2.28. The molecule has 0 aromatic heterocycles. The Hall–Kier alpha value is -0.730. The molecule has 0 amide bonds. The summed E-state index contributed by atoms with van der Waals surface area (Å²) in [5.74, 6) is -0.177. The first-order valence-corrected chi connectivity index (χ1v) is 4.34. The number of isothiocyanates is 1. The molecule has 0 aliphatic carbocycles. The van der Waals surface area contributed by atoms with Crippen molar-refractivity contribution in [3.05, 3.63) is 0 Å². The van der Waals surface area contributed by atoms with Gasteiger partial charge in [-0.1, -0.05) is 0 Å². The Morgan fingerprint density at radius 3 is 2.92 bits per heavy atom. The number of esters is 1. The molecule has 0 saturated carbocycles. The van der Waals surface area contributed by atoms with Gasteiger partial charge in [0.05, 0.1) is 17.8 Å². The Bertz CT molecular complexity index is 187. The molecule has 0 spiro atoms. The van der Waals surface area contributed by atoms with Crippen LogP contribution in [0.15, 0.2) is 4.99 Å². The van der Waals surface area contributed by atoms with Crippen LogP contribution in [0.25, 0.3) is 0 Å². The molecular weight excluding hydrogens is 174 g/mol. The number of thiocarbonyl (C=S) groups is 1. The monoisotopic (exact) mass is 187 g/mol. The van der Waals surface area contributed by atoms with Crippen LogP contribution in [0.3, 0.4) is 0 Å². The molecular formula is C8H13NO2S. The molecule has 0 fully saturated rings. The van der Waals surface area contributed by atoms with Gasteiger partial charge in [0.25, 0.3) is 0 Å². The Balaban J connectivity index is 3.53. The van der Waals surface area contributed by atoms with E-state index in [0.717, 1.165) is 0 Å². The maximum absolute atomic E-state index is 10.8. The predicted molar refractivity (Wildman–Crippen MR) is 50.4 cm³/mol. The third-order valence-electron chi connectivity index (χ3n) is 1.34. The van der Waals surface area contributed by atoms with Crippen molar-refractivity contribution in [2.45, 2.75) is 32.7 Å². The predicted octanol–water partition coefficient (Wildman–Crippen LogP) is 1.82. The minimum atomic E-state index is -0.177. The fourth-order valence-corrected chi connectivity index (χ4v) is 0.894. The zero-order valence-electron chi connectivity index (χ0n) is 7.37. The number of rotatable bonds is 5. The van der Waals surface area contributed by atoms with Gasteiger partial charge < -0.3 is 4.74 Å². The molecule has 0 N–H and O–H groups in total. The molecule has 0 aromatic carbocycles. The van der Waals surface area contributed by atoms with E-state index in [0.29, 0.717) is 19.4 Å². The van der Waals surface area contributed by atoms with Crippen LogP contribution in [0.5, 0.6) is 0 Å². The summed E-state index contributed by atoms with van der Waals surface area (Å²) in [6.45, 7) is 4.11. The topological polar surface area (TPSA) is 38.7 Å². The summed E-state index contributed by atoms with van der Waals surface area (Å²) >= 11 is 4.43. The highest BCUT2D eigenvalue weighted by molar-refractivity contribution is 7.78. The number of ether oxygens (including phenoxy) is 1. The van der Waals surface area contributed by atoms with E-state index in [2.05, 4.69) is 22.4 Å². The highest BCUT2D eigenvalue weighted by atomic mass is 32.1. The van der Waals surface area contributed by atoms with E-state index in [1.165, 1.54) is 0 Å². The molecule has 0 saturated heterocycles. The van der Waals surface area contributed by atoms with Gasteiger partial charge in [0, 0.05) is 6.42 Å². The van der Waals surface area contributed by atoms with Crippen LogP contribution >= 0.6 is 12.2 Å². The van der Waals surface area contributed by atoms with Crippen LogP contribution in [0.4, 0.5) is 0 Å². The molecule has 0 aromatic rings. The van der Waals surface area contributed by atoms with Crippen molar-refractivity contribution in [3.63, 3.8) is 0 Å². The van der Waals surface area contributed by atoms with E-state index in [1.807, 2.05) is 6.92 Å². The molecule has 68 valence electrons. The van der Waals surface area contributed by atoms with E-state index in [-0.39, 0.29) is 12.0 Å². The van der Waals surface area contributed by atoms with Crippen molar-refractivity contribution in [2.24, 2.45) is 4.99 Å². The van der Waals surface area contributed by atoms with Crippen LogP contribution in [0, 0.1) is 0 Å². The van der Waals surface area contributed by atoms with Gasteiger partial charge in [-0.2, -0.15) is 0 Å². The zero-order valence-corrected chi connectivity index (χ0v) is 8.19. The van der Waals surface area contributed by atoms with Gasteiger partial charge >= 0.3 is 5.97 Å². The van der Waals surface area contributed by atoms with Crippen molar-refractivity contribution in [1.29, 1.82) is 0 Å². The number of aliphatic imine (C=N–C) groups is 1. The molecule has 4 heteroatoms. The van der Waals surface area contributed by atoms with Crippen molar-refractivity contribution in [1.82, 2.24) is 0 Å². The van der Waals surface area contributed by atoms with Gasteiger partial charge in [-0.15, -0.1) is 0 Å². The summed E-state index contributed by atoms with van der Waals surface area (Å²) in [7, 11) is 0. The van der Waals surface area contributed by atoms with E-state index in [1.54, 1.807) is 6.92 Å². The zero-order chi connectivity index (χ0) is 9.40. The first-order valence-electron chi connectivity index (χ1n) is 3.93. The fourth-order valence-electron chi connectivity index (χ4n) is 0.714. The second kappa shape index (κ2) is 6.95. The lowest BCUT2D eigenvalue weighted by Crippen LogP contribution is -2.07. The largest absolute Gasteiger partial charge is 0.466 e. The van der Waals surface area contributed by atoms with Crippen molar-refractivity contribution in [2.75, 3.05) is 6.61 Å². The highest BCUT2D eigenvalue weighted by Gasteiger charge is 2.04. The normalized spacial score (nSPS) is 11.5. The minimum Gasteiger partial charge on any atom is -0.466 e. The van der Waals surface area contributed by atoms with Gasteiger partial charge in [-0.25, -0.2) is 4.99 Å². The fraction of sp³-hybridized carbons (Fsp3) is 0.750. The van der Waals surface area contributed by atoms with Gasteiger partial charge in [-0.3, -0.25) is 4.79 Å². The number of carbonyl (C=O) groups excluding carboxylic acids is 1. The summed E-state index contributed by atoms with van der Waals surface area (Å²) in [4.78, 5) is 14.7. The Labute approximate surface area is 77.8 Å². The second-order valence-corrected chi connectivity index (χ2v) is 2.60. The quantitative estimate of drug-likeness (QED) is 0.374. The van der Waals surface area contributed by atoms with E-state index < -0.39 is 0 Å². The number of hydrogen-bond donors (Lipinski definition) is 0. The van der Waals surface area contributed by atoms with Crippen LogP contribution in [0.1, 0.15) is 26.7 Å². The Morgan fingerprint density at radius 1 is 1.75 bits per heavy atom. The smallest absolute Gasteiger partial charge is 0.305 e. The van der Waals surface area contributed by atoms with Gasteiger partial charge in [-0.05, 0) is 32.5 Å². The Kier molecular flexibility index (Phi) is 6.53. The molecule has 0 aliphatic rings. The molecule has 12 heavy (non-hydrogen) atoms. The molecule has 1 unspecified atom stereocenters. The first-order chi connectivity index (χ1) is 5.70.